The molecule has 0 fully saturated rings. The number of halogens is 1. The molecule has 0 saturated heterocycles. The topological polar surface area (TPSA) is 56.1 Å². The van der Waals surface area contributed by atoms with Crippen molar-refractivity contribution in [2.45, 2.75) is 19.9 Å². The quantitative estimate of drug-likeness (QED) is 0.697. The molecule has 3 rings (SSSR count). The lowest BCUT2D eigenvalue weighted by molar-refractivity contribution is 0.340. The fourth-order valence-electron chi connectivity index (χ4n) is 2.64. The number of para-hydroxylation sites is 1. The van der Waals surface area contributed by atoms with Gasteiger partial charge in [0.1, 0.15) is 10.8 Å². The van der Waals surface area contributed by atoms with E-state index in [0.717, 1.165) is 11.3 Å². The molecule has 1 heterocycles. The van der Waals surface area contributed by atoms with E-state index in [2.05, 4.69) is 10.4 Å². The standard InChI is InChI=1S/C20H20ClN3O2/c1-3-26-17-11-7-8-15(12-17)14(2)23-18-13-22-24(20(25)19(18)21)16-9-5-4-6-10-16/h4-14,23H,3H2,1-2H3. The van der Waals surface area contributed by atoms with Crippen LogP contribution in [0.25, 0.3) is 5.69 Å². The molecular formula is C20H20ClN3O2. The molecule has 0 spiro atoms. The van der Waals surface area contributed by atoms with E-state index in [1.54, 1.807) is 18.3 Å². The monoisotopic (exact) mass is 369 g/mol. The zero-order valence-corrected chi connectivity index (χ0v) is 15.4. The zero-order valence-electron chi connectivity index (χ0n) is 14.6. The lowest BCUT2D eigenvalue weighted by atomic mass is 10.1. The van der Waals surface area contributed by atoms with Gasteiger partial charge in [0.2, 0.25) is 0 Å². The number of aromatic nitrogens is 2. The molecule has 0 radical (unpaired) electrons. The number of rotatable bonds is 6. The highest BCUT2D eigenvalue weighted by Gasteiger charge is 2.14. The summed E-state index contributed by atoms with van der Waals surface area (Å²) in [5.41, 5.74) is 1.83. The highest BCUT2D eigenvalue weighted by Crippen LogP contribution is 2.25. The first kappa shape index (κ1) is 18.0. The van der Waals surface area contributed by atoms with Crippen LogP contribution in [0.15, 0.2) is 65.6 Å². The van der Waals surface area contributed by atoms with Crippen molar-refractivity contribution in [3.63, 3.8) is 0 Å². The van der Waals surface area contributed by atoms with Gasteiger partial charge in [-0.05, 0) is 43.7 Å². The SMILES string of the molecule is CCOc1cccc(C(C)Nc2cnn(-c3ccccc3)c(=O)c2Cl)c1. The van der Waals surface area contributed by atoms with Gasteiger partial charge in [-0.3, -0.25) is 4.79 Å². The molecule has 134 valence electrons. The summed E-state index contributed by atoms with van der Waals surface area (Å²) in [6, 6.07) is 16.9. The van der Waals surface area contributed by atoms with Crippen LogP contribution in [0.1, 0.15) is 25.5 Å². The first-order valence-corrected chi connectivity index (χ1v) is 8.80. The lowest BCUT2D eigenvalue weighted by Gasteiger charge is -2.17. The van der Waals surface area contributed by atoms with Crippen LogP contribution < -0.4 is 15.6 Å². The summed E-state index contributed by atoms with van der Waals surface area (Å²) in [6.07, 6.45) is 1.57. The second kappa shape index (κ2) is 8.06. The second-order valence-corrected chi connectivity index (χ2v) is 6.17. The number of hydrogen-bond acceptors (Lipinski definition) is 4. The van der Waals surface area contributed by atoms with Gasteiger partial charge >= 0.3 is 0 Å². The molecule has 0 aliphatic carbocycles. The van der Waals surface area contributed by atoms with Gasteiger partial charge in [-0.2, -0.15) is 9.78 Å². The Bertz CT molecular complexity index is 941. The minimum Gasteiger partial charge on any atom is -0.494 e. The molecule has 1 aromatic heterocycles. The van der Waals surface area contributed by atoms with Crippen molar-refractivity contribution >= 4 is 17.3 Å². The average Bonchev–Trinajstić information content (AvgIpc) is 2.67. The predicted octanol–water partition coefficient (Wildman–Crippen LogP) is 4.46. The van der Waals surface area contributed by atoms with Crippen LogP contribution in [0, 0.1) is 0 Å². The molecule has 2 aromatic carbocycles. The first-order valence-electron chi connectivity index (χ1n) is 8.42. The summed E-state index contributed by atoms with van der Waals surface area (Å²) < 4.78 is 6.82. The van der Waals surface area contributed by atoms with Crippen LogP contribution in [0.2, 0.25) is 5.02 Å². The fraction of sp³-hybridized carbons (Fsp3) is 0.200. The summed E-state index contributed by atoms with van der Waals surface area (Å²) >= 11 is 6.30. The first-order chi connectivity index (χ1) is 12.6. The molecule has 0 amide bonds. The predicted molar refractivity (Wildman–Crippen MR) is 104 cm³/mol. The maximum Gasteiger partial charge on any atom is 0.292 e. The van der Waals surface area contributed by atoms with Crippen LogP contribution in [-0.2, 0) is 0 Å². The van der Waals surface area contributed by atoms with E-state index >= 15 is 0 Å². The number of nitrogens with one attached hydrogen (secondary N) is 1. The maximum atomic E-state index is 12.6. The van der Waals surface area contributed by atoms with E-state index in [1.165, 1.54) is 4.68 Å². The highest BCUT2D eigenvalue weighted by atomic mass is 35.5. The fourth-order valence-corrected chi connectivity index (χ4v) is 2.83. The largest absolute Gasteiger partial charge is 0.494 e. The van der Waals surface area contributed by atoms with E-state index in [-0.39, 0.29) is 16.6 Å². The Morgan fingerprint density at radius 2 is 1.96 bits per heavy atom. The number of benzene rings is 2. The van der Waals surface area contributed by atoms with Crippen LogP contribution in [0.3, 0.4) is 0 Å². The Morgan fingerprint density at radius 3 is 2.69 bits per heavy atom. The van der Waals surface area contributed by atoms with Gasteiger partial charge in [-0.1, -0.05) is 41.9 Å². The highest BCUT2D eigenvalue weighted by molar-refractivity contribution is 6.33. The van der Waals surface area contributed by atoms with E-state index in [9.17, 15) is 4.79 Å². The van der Waals surface area contributed by atoms with Crippen molar-refractivity contribution < 1.29 is 4.74 Å². The molecule has 5 nitrogen and oxygen atoms in total. The summed E-state index contributed by atoms with van der Waals surface area (Å²) in [6.45, 7) is 4.55. The van der Waals surface area contributed by atoms with Gasteiger partial charge < -0.3 is 10.1 Å². The Kier molecular flexibility index (Phi) is 5.58. The minimum atomic E-state index is -0.363. The molecular weight excluding hydrogens is 350 g/mol. The van der Waals surface area contributed by atoms with Crippen molar-refractivity contribution in [3.05, 3.63) is 81.7 Å². The third kappa shape index (κ3) is 3.89. The summed E-state index contributed by atoms with van der Waals surface area (Å²) in [5.74, 6) is 0.808. The Morgan fingerprint density at radius 1 is 1.19 bits per heavy atom. The third-order valence-corrected chi connectivity index (χ3v) is 4.33. The van der Waals surface area contributed by atoms with Crippen molar-refractivity contribution in [2.24, 2.45) is 0 Å². The van der Waals surface area contributed by atoms with E-state index < -0.39 is 0 Å². The van der Waals surface area contributed by atoms with E-state index in [0.29, 0.717) is 18.0 Å². The van der Waals surface area contributed by atoms with Crippen LogP contribution >= 0.6 is 11.6 Å². The zero-order chi connectivity index (χ0) is 18.5. The Balaban J connectivity index is 1.85. The second-order valence-electron chi connectivity index (χ2n) is 5.80. The van der Waals surface area contributed by atoms with Gasteiger partial charge in [-0.15, -0.1) is 0 Å². The van der Waals surface area contributed by atoms with Crippen LogP contribution in [0.4, 0.5) is 5.69 Å². The summed E-state index contributed by atoms with van der Waals surface area (Å²) in [4.78, 5) is 12.6. The molecule has 1 N–H and O–H groups in total. The summed E-state index contributed by atoms with van der Waals surface area (Å²) in [7, 11) is 0. The lowest BCUT2D eigenvalue weighted by Crippen LogP contribution is -2.23. The average molecular weight is 370 g/mol. The van der Waals surface area contributed by atoms with Crippen molar-refractivity contribution in [3.8, 4) is 11.4 Å². The molecule has 0 saturated carbocycles. The molecule has 0 aliphatic heterocycles. The number of hydrogen-bond donors (Lipinski definition) is 1. The molecule has 0 bridgehead atoms. The van der Waals surface area contributed by atoms with Gasteiger partial charge in [0.15, 0.2) is 0 Å². The van der Waals surface area contributed by atoms with Gasteiger partial charge in [0, 0.05) is 6.04 Å². The number of ether oxygens (including phenoxy) is 1. The van der Waals surface area contributed by atoms with E-state index in [4.69, 9.17) is 16.3 Å². The maximum absolute atomic E-state index is 12.6. The molecule has 1 unspecified atom stereocenters. The normalized spacial score (nSPS) is 11.8. The molecule has 26 heavy (non-hydrogen) atoms. The third-order valence-electron chi connectivity index (χ3n) is 3.96. The van der Waals surface area contributed by atoms with Crippen molar-refractivity contribution in [1.82, 2.24) is 9.78 Å². The van der Waals surface area contributed by atoms with Crippen LogP contribution in [-0.4, -0.2) is 16.4 Å². The van der Waals surface area contributed by atoms with Gasteiger partial charge in [-0.25, -0.2) is 0 Å². The Hall–Kier alpha value is -2.79. The summed E-state index contributed by atoms with van der Waals surface area (Å²) in [5, 5.41) is 7.60. The minimum absolute atomic E-state index is 0.0679. The molecule has 6 heteroatoms. The van der Waals surface area contributed by atoms with Crippen molar-refractivity contribution in [1.29, 1.82) is 0 Å². The number of anilines is 1. The van der Waals surface area contributed by atoms with Crippen molar-refractivity contribution in [2.75, 3.05) is 11.9 Å². The van der Waals surface area contributed by atoms with E-state index in [1.807, 2.05) is 56.3 Å². The molecule has 3 aromatic rings. The van der Waals surface area contributed by atoms with Gasteiger partial charge in [0.05, 0.1) is 24.2 Å². The number of nitrogens with zero attached hydrogens (tertiary/aromatic N) is 2. The Labute approximate surface area is 157 Å². The molecule has 1 atom stereocenters. The smallest absolute Gasteiger partial charge is 0.292 e. The van der Waals surface area contributed by atoms with Gasteiger partial charge in [0.25, 0.3) is 5.56 Å². The molecule has 0 aliphatic rings. The van der Waals surface area contributed by atoms with Crippen LogP contribution in [0.5, 0.6) is 5.75 Å².